The van der Waals surface area contributed by atoms with Gasteiger partial charge in [0, 0.05) is 11.1 Å². The minimum Gasteiger partial charge on any atom is -0.493 e. The highest BCUT2D eigenvalue weighted by molar-refractivity contribution is 5.98. The van der Waals surface area contributed by atoms with Crippen LogP contribution in [0.3, 0.4) is 0 Å². The van der Waals surface area contributed by atoms with E-state index in [2.05, 4.69) is 10.1 Å². The van der Waals surface area contributed by atoms with E-state index < -0.39 is 5.91 Å². The highest BCUT2D eigenvalue weighted by atomic mass is 16.5. The van der Waals surface area contributed by atoms with Crippen LogP contribution < -0.4 is 19.9 Å². The number of anilines is 1. The molecule has 2 N–H and O–H groups in total. The van der Waals surface area contributed by atoms with E-state index in [1.807, 2.05) is 30.3 Å². The topological polar surface area (TPSA) is 101 Å². The van der Waals surface area contributed by atoms with Crippen LogP contribution in [0.25, 0.3) is 11.4 Å². The molecule has 0 amide bonds. The third-order valence-electron chi connectivity index (χ3n) is 3.77. The molecule has 0 bridgehead atoms. The summed E-state index contributed by atoms with van der Waals surface area (Å²) in [4.78, 5) is 17.0. The minimum atomic E-state index is -0.462. The number of carbonyl (C=O) groups is 1. The van der Waals surface area contributed by atoms with Crippen molar-refractivity contribution in [2.45, 2.75) is 0 Å². The summed E-state index contributed by atoms with van der Waals surface area (Å²) in [5, 5.41) is 4.23. The fourth-order valence-corrected chi connectivity index (χ4v) is 2.51. The average Bonchev–Trinajstić information content (AvgIpc) is 3.08. The maximum atomic E-state index is 12.9. The Hall–Kier alpha value is -3.55. The van der Waals surface area contributed by atoms with Crippen LogP contribution in [0.4, 0.5) is 5.95 Å². The summed E-state index contributed by atoms with van der Waals surface area (Å²) in [6.45, 7) is 0. The number of nitrogens with zero attached hydrogens (tertiary/aromatic N) is 3. The molecule has 8 heteroatoms. The standard InChI is InChI=1S/C18H18N4O4/c1-24-13-9-12(10-14(25-2)15(13)26-3)17(23)22-18(19)20-16(21-22)11-7-5-4-6-8-11/h4-10H,1-3H3,(H2,19,20,21). The Bertz CT molecular complexity index is 913. The van der Waals surface area contributed by atoms with Crippen molar-refractivity contribution in [1.29, 1.82) is 0 Å². The van der Waals surface area contributed by atoms with Gasteiger partial charge in [0.2, 0.25) is 11.7 Å². The molecule has 0 aliphatic heterocycles. The highest BCUT2D eigenvalue weighted by Crippen LogP contribution is 2.38. The van der Waals surface area contributed by atoms with Gasteiger partial charge in [-0.1, -0.05) is 30.3 Å². The Labute approximate surface area is 150 Å². The van der Waals surface area contributed by atoms with Crippen LogP contribution in [0.5, 0.6) is 17.2 Å². The van der Waals surface area contributed by atoms with Crippen LogP contribution in [0.15, 0.2) is 42.5 Å². The molecular formula is C18H18N4O4. The van der Waals surface area contributed by atoms with Crippen molar-refractivity contribution in [2.24, 2.45) is 0 Å². The first kappa shape index (κ1) is 17.3. The quantitative estimate of drug-likeness (QED) is 0.749. The highest BCUT2D eigenvalue weighted by Gasteiger charge is 2.21. The lowest BCUT2D eigenvalue weighted by Gasteiger charge is -2.13. The SMILES string of the molecule is COc1cc(C(=O)n2nc(-c3ccccc3)nc2N)cc(OC)c1OC. The van der Waals surface area contributed by atoms with Crippen molar-refractivity contribution >= 4 is 11.9 Å². The van der Waals surface area contributed by atoms with Gasteiger partial charge in [0.15, 0.2) is 17.3 Å². The van der Waals surface area contributed by atoms with Crippen LogP contribution in [0.1, 0.15) is 10.4 Å². The van der Waals surface area contributed by atoms with E-state index in [-0.39, 0.29) is 11.5 Å². The van der Waals surface area contributed by atoms with E-state index in [1.165, 1.54) is 33.5 Å². The summed E-state index contributed by atoms with van der Waals surface area (Å²) in [6.07, 6.45) is 0. The maximum absolute atomic E-state index is 12.9. The Morgan fingerprint density at radius 1 is 1.00 bits per heavy atom. The monoisotopic (exact) mass is 354 g/mol. The molecule has 0 saturated heterocycles. The Morgan fingerprint density at radius 2 is 1.62 bits per heavy atom. The number of hydrogen-bond donors (Lipinski definition) is 1. The molecule has 0 aliphatic carbocycles. The fraction of sp³-hybridized carbons (Fsp3) is 0.167. The smallest absolute Gasteiger partial charge is 0.281 e. The van der Waals surface area contributed by atoms with Gasteiger partial charge in [-0.25, -0.2) is 0 Å². The Kier molecular flexibility index (Phi) is 4.74. The number of ether oxygens (including phenoxy) is 3. The first-order valence-corrected chi connectivity index (χ1v) is 7.71. The van der Waals surface area contributed by atoms with Crippen molar-refractivity contribution in [3.63, 3.8) is 0 Å². The average molecular weight is 354 g/mol. The van der Waals surface area contributed by atoms with Gasteiger partial charge in [0.1, 0.15) is 0 Å². The van der Waals surface area contributed by atoms with Gasteiger partial charge in [0.25, 0.3) is 5.91 Å². The molecule has 0 aliphatic rings. The van der Waals surface area contributed by atoms with Crippen molar-refractivity contribution in [2.75, 3.05) is 27.1 Å². The predicted octanol–water partition coefficient (Wildman–Crippen LogP) is 2.24. The summed E-state index contributed by atoms with van der Waals surface area (Å²) in [7, 11) is 4.44. The number of benzene rings is 2. The Balaban J connectivity index is 2.04. The molecule has 1 aromatic heterocycles. The lowest BCUT2D eigenvalue weighted by Crippen LogP contribution is -2.16. The van der Waals surface area contributed by atoms with Crippen molar-refractivity contribution in [1.82, 2.24) is 14.8 Å². The number of carbonyl (C=O) groups excluding carboxylic acids is 1. The summed E-state index contributed by atoms with van der Waals surface area (Å²) in [5.41, 5.74) is 6.93. The van der Waals surface area contributed by atoms with E-state index in [4.69, 9.17) is 19.9 Å². The molecule has 3 rings (SSSR count). The fourth-order valence-electron chi connectivity index (χ4n) is 2.51. The number of aromatic nitrogens is 3. The predicted molar refractivity (Wildman–Crippen MR) is 95.7 cm³/mol. The van der Waals surface area contributed by atoms with E-state index in [0.29, 0.717) is 23.1 Å². The summed E-state index contributed by atoms with van der Waals surface area (Å²) in [5.74, 6) is 1.00. The van der Waals surface area contributed by atoms with E-state index in [1.54, 1.807) is 0 Å². The van der Waals surface area contributed by atoms with Gasteiger partial charge in [-0.3, -0.25) is 4.79 Å². The van der Waals surface area contributed by atoms with Gasteiger partial charge < -0.3 is 19.9 Å². The first-order valence-electron chi connectivity index (χ1n) is 7.71. The number of rotatable bonds is 5. The van der Waals surface area contributed by atoms with Gasteiger partial charge in [-0.2, -0.15) is 9.67 Å². The lowest BCUT2D eigenvalue weighted by molar-refractivity contribution is 0.0947. The Morgan fingerprint density at radius 3 is 2.15 bits per heavy atom. The molecular weight excluding hydrogens is 336 g/mol. The van der Waals surface area contributed by atoms with Crippen LogP contribution in [-0.2, 0) is 0 Å². The normalized spacial score (nSPS) is 10.4. The van der Waals surface area contributed by atoms with Crippen LogP contribution in [0, 0.1) is 0 Å². The van der Waals surface area contributed by atoms with E-state index in [0.717, 1.165) is 10.2 Å². The summed E-state index contributed by atoms with van der Waals surface area (Å²) >= 11 is 0. The van der Waals surface area contributed by atoms with E-state index >= 15 is 0 Å². The summed E-state index contributed by atoms with van der Waals surface area (Å²) < 4.78 is 16.9. The molecule has 1 heterocycles. The molecule has 3 aromatic rings. The second-order valence-electron chi connectivity index (χ2n) is 5.29. The molecule has 0 atom stereocenters. The molecule has 2 aromatic carbocycles. The molecule has 0 radical (unpaired) electrons. The molecule has 0 saturated carbocycles. The van der Waals surface area contributed by atoms with Gasteiger partial charge in [-0.05, 0) is 12.1 Å². The largest absolute Gasteiger partial charge is 0.493 e. The molecule has 8 nitrogen and oxygen atoms in total. The second kappa shape index (κ2) is 7.14. The number of hydrogen-bond acceptors (Lipinski definition) is 7. The number of methoxy groups -OCH3 is 3. The molecule has 134 valence electrons. The summed E-state index contributed by atoms with van der Waals surface area (Å²) in [6, 6.07) is 12.3. The third kappa shape index (κ3) is 3.04. The maximum Gasteiger partial charge on any atom is 0.281 e. The van der Waals surface area contributed by atoms with Gasteiger partial charge >= 0.3 is 0 Å². The van der Waals surface area contributed by atoms with E-state index in [9.17, 15) is 4.79 Å². The number of nitrogen functional groups attached to an aromatic ring is 1. The van der Waals surface area contributed by atoms with Gasteiger partial charge in [0.05, 0.1) is 21.3 Å². The third-order valence-corrected chi connectivity index (χ3v) is 3.77. The molecule has 0 unspecified atom stereocenters. The lowest BCUT2D eigenvalue weighted by atomic mass is 10.1. The molecule has 0 fully saturated rings. The van der Waals surface area contributed by atoms with Crippen molar-refractivity contribution < 1.29 is 19.0 Å². The first-order chi connectivity index (χ1) is 12.6. The zero-order valence-electron chi connectivity index (χ0n) is 14.6. The van der Waals surface area contributed by atoms with Crippen molar-refractivity contribution in [3.8, 4) is 28.6 Å². The van der Waals surface area contributed by atoms with Crippen LogP contribution in [0.2, 0.25) is 0 Å². The van der Waals surface area contributed by atoms with Crippen LogP contribution in [-0.4, -0.2) is 42.0 Å². The zero-order chi connectivity index (χ0) is 18.7. The molecule has 26 heavy (non-hydrogen) atoms. The van der Waals surface area contributed by atoms with Crippen molar-refractivity contribution in [3.05, 3.63) is 48.0 Å². The molecule has 0 spiro atoms. The zero-order valence-corrected chi connectivity index (χ0v) is 14.6. The van der Waals surface area contributed by atoms with Gasteiger partial charge in [-0.15, -0.1) is 5.10 Å². The second-order valence-corrected chi connectivity index (χ2v) is 5.29. The minimum absolute atomic E-state index is 0.0115. The number of nitrogens with two attached hydrogens (primary N) is 1. The van der Waals surface area contributed by atoms with Crippen LogP contribution >= 0.6 is 0 Å².